The Kier molecular flexibility index (Phi) is 7.10. The third-order valence-corrected chi connectivity index (χ3v) is 4.09. The van der Waals surface area contributed by atoms with Crippen molar-refractivity contribution < 1.29 is 24.2 Å². The highest BCUT2D eigenvalue weighted by molar-refractivity contribution is 6.38. The number of hydrogen-bond donors (Lipinski definition) is 2. The van der Waals surface area contributed by atoms with Crippen LogP contribution in [0.25, 0.3) is 6.08 Å². The van der Waals surface area contributed by atoms with Gasteiger partial charge < -0.3 is 19.9 Å². The molecule has 2 rings (SSSR count). The van der Waals surface area contributed by atoms with Crippen molar-refractivity contribution in [2.45, 2.75) is 6.92 Å². The van der Waals surface area contributed by atoms with E-state index in [1.807, 2.05) is 6.92 Å². The van der Waals surface area contributed by atoms with Crippen LogP contribution < -0.4 is 14.8 Å². The summed E-state index contributed by atoms with van der Waals surface area (Å²) in [7, 11) is 1.53. The van der Waals surface area contributed by atoms with Gasteiger partial charge in [0, 0.05) is 6.08 Å². The van der Waals surface area contributed by atoms with E-state index >= 15 is 0 Å². The molecule has 6 nitrogen and oxygen atoms in total. The maximum absolute atomic E-state index is 12.1. The topological polar surface area (TPSA) is 84.9 Å². The molecule has 0 fully saturated rings. The molecular formula is C19H17Cl2NO5. The first-order valence-electron chi connectivity index (χ1n) is 7.88. The molecule has 8 heteroatoms. The second-order valence-electron chi connectivity index (χ2n) is 5.28. The average molecular weight is 410 g/mol. The molecule has 0 aliphatic carbocycles. The quantitative estimate of drug-likeness (QED) is 0.644. The third kappa shape index (κ3) is 5.39. The second kappa shape index (κ2) is 9.30. The zero-order valence-electron chi connectivity index (χ0n) is 14.6. The normalized spacial score (nSPS) is 10.7. The molecule has 0 atom stereocenters. The zero-order chi connectivity index (χ0) is 20.0. The van der Waals surface area contributed by atoms with E-state index in [4.69, 9.17) is 37.8 Å². The Balaban J connectivity index is 2.16. The average Bonchev–Trinajstić information content (AvgIpc) is 2.63. The van der Waals surface area contributed by atoms with Crippen molar-refractivity contribution in [1.29, 1.82) is 0 Å². The Morgan fingerprint density at radius 3 is 2.52 bits per heavy atom. The van der Waals surface area contributed by atoms with Crippen LogP contribution in [-0.2, 0) is 4.79 Å². The number of hydrogen-bond acceptors (Lipinski definition) is 4. The number of aromatic carboxylic acids is 1. The number of carboxylic acids is 1. The largest absolute Gasteiger partial charge is 0.493 e. The van der Waals surface area contributed by atoms with Crippen molar-refractivity contribution in [2.75, 3.05) is 19.0 Å². The van der Waals surface area contributed by atoms with Crippen LogP contribution in [0.4, 0.5) is 5.69 Å². The molecular weight excluding hydrogens is 393 g/mol. The van der Waals surface area contributed by atoms with E-state index in [1.165, 1.54) is 25.3 Å². The van der Waals surface area contributed by atoms with Crippen molar-refractivity contribution in [3.05, 3.63) is 57.6 Å². The van der Waals surface area contributed by atoms with Crippen LogP contribution >= 0.6 is 23.2 Å². The van der Waals surface area contributed by atoms with Gasteiger partial charge in [0.2, 0.25) is 5.91 Å². The van der Waals surface area contributed by atoms with E-state index < -0.39 is 11.9 Å². The first kappa shape index (κ1) is 20.6. The molecule has 2 aromatic rings. The highest BCUT2D eigenvalue weighted by Crippen LogP contribution is 2.30. The molecule has 0 unspecified atom stereocenters. The molecule has 2 N–H and O–H groups in total. The standard InChI is InChI=1S/C19H17Cl2NO5/c1-3-27-16-6-4-11(8-17(16)26-2)5-7-18(23)22-15-9-12(19(24)25)13(20)10-14(15)21/h4-10H,3H2,1-2H3,(H,22,23)(H,24,25)/b7-5+. The minimum absolute atomic E-state index is 0.0116. The smallest absolute Gasteiger partial charge is 0.337 e. The molecule has 0 saturated heterocycles. The van der Waals surface area contributed by atoms with Crippen LogP contribution in [0.1, 0.15) is 22.8 Å². The van der Waals surface area contributed by atoms with Gasteiger partial charge in [0.1, 0.15) is 0 Å². The number of benzene rings is 2. The Morgan fingerprint density at radius 1 is 1.15 bits per heavy atom. The lowest BCUT2D eigenvalue weighted by Gasteiger charge is -2.10. The zero-order valence-corrected chi connectivity index (χ0v) is 16.1. The molecule has 0 saturated carbocycles. The van der Waals surface area contributed by atoms with E-state index in [0.29, 0.717) is 18.1 Å². The van der Waals surface area contributed by atoms with Gasteiger partial charge in [-0.3, -0.25) is 4.79 Å². The van der Waals surface area contributed by atoms with E-state index in [9.17, 15) is 9.59 Å². The highest BCUT2D eigenvalue weighted by Gasteiger charge is 2.14. The lowest BCUT2D eigenvalue weighted by molar-refractivity contribution is -0.111. The highest BCUT2D eigenvalue weighted by atomic mass is 35.5. The number of amides is 1. The van der Waals surface area contributed by atoms with Crippen LogP contribution in [0, 0.1) is 0 Å². The van der Waals surface area contributed by atoms with Gasteiger partial charge in [0.25, 0.3) is 0 Å². The van der Waals surface area contributed by atoms with Crippen LogP contribution in [-0.4, -0.2) is 30.7 Å². The Morgan fingerprint density at radius 2 is 1.89 bits per heavy atom. The van der Waals surface area contributed by atoms with Gasteiger partial charge in [0.05, 0.1) is 35.0 Å². The van der Waals surface area contributed by atoms with E-state index in [-0.39, 0.29) is 21.3 Å². The summed E-state index contributed by atoms with van der Waals surface area (Å²) in [5.41, 5.74) is 0.716. The van der Waals surface area contributed by atoms with E-state index in [1.54, 1.807) is 24.3 Å². The number of anilines is 1. The number of ether oxygens (including phenoxy) is 2. The van der Waals surface area contributed by atoms with Crippen molar-refractivity contribution in [2.24, 2.45) is 0 Å². The molecule has 27 heavy (non-hydrogen) atoms. The first-order valence-corrected chi connectivity index (χ1v) is 8.63. The number of carbonyl (C=O) groups excluding carboxylic acids is 1. The lowest BCUT2D eigenvalue weighted by Crippen LogP contribution is -2.09. The SMILES string of the molecule is CCOc1ccc(/C=C/C(=O)Nc2cc(C(=O)O)c(Cl)cc2Cl)cc1OC. The fourth-order valence-corrected chi connectivity index (χ4v) is 2.73. The number of rotatable bonds is 7. The summed E-state index contributed by atoms with van der Waals surface area (Å²) in [6.07, 6.45) is 2.87. The molecule has 1 amide bonds. The minimum Gasteiger partial charge on any atom is -0.493 e. The van der Waals surface area contributed by atoms with Gasteiger partial charge in [0.15, 0.2) is 11.5 Å². The maximum atomic E-state index is 12.1. The molecule has 0 spiro atoms. The van der Waals surface area contributed by atoms with Gasteiger partial charge >= 0.3 is 5.97 Å². The van der Waals surface area contributed by atoms with Crippen molar-refractivity contribution in [3.63, 3.8) is 0 Å². The summed E-state index contributed by atoms with van der Waals surface area (Å²) in [5, 5.41) is 11.8. The molecule has 0 aliphatic rings. The van der Waals surface area contributed by atoms with Gasteiger partial charge in [-0.15, -0.1) is 0 Å². The lowest BCUT2D eigenvalue weighted by atomic mass is 10.1. The number of methoxy groups -OCH3 is 1. The Hall–Kier alpha value is -2.70. The third-order valence-electron chi connectivity index (χ3n) is 3.46. The predicted octanol–water partition coefficient (Wildman–Crippen LogP) is 4.75. The first-order chi connectivity index (χ1) is 12.8. The summed E-state index contributed by atoms with van der Waals surface area (Å²) in [6, 6.07) is 7.72. The molecule has 2 aromatic carbocycles. The molecule has 0 heterocycles. The molecule has 0 aliphatic heterocycles. The Bertz CT molecular complexity index is 896. The van der Waals surface area contributed by atoms with Gasteiger partial charge in [-0.05, 0) is 42.8 Å². The summed E-state index contributed by atoms with van der Waals surface area (Å²) in [6.45, 7) is 2.38. The number of carboxylic acid groups (broad SMARTS) is 1. The van der Waals surface area contributed by atoms with Crippen molar-refractivity contribution in [1.82, 2.24) is 0 Å². The predicted molar refractivity (Wildman–Crippen MR) is 105 cm³/mol. The number of nitrogens with one attached hydrogen (secondary N) is 1. The maximum Gasteiger partial charge on any atom is 0.337 e. The monoisotopic (exact) mass is 409 g/mol. The molecule has 0 bridgehead atoms. The van der Waals surface area contributed by atoms with Crippen molar-refractivity contribution >= 4 is 46.8 Å². The summed E-state index contributed by atoms with van der Waals surface area (Å²) >= 11 is 11.8. The van der Waals surface area contributed by atoms with Crippen LogP contribution in [0.15, 0.2) is 36.4 Å². The number of carbonyl (C=O) groups is 2. The summed E-state index contributed by atoms with van der Waals surface area (Å²) in [4.78, 5) is 23.3. The van der Waals surface area contributed by atoms with Crippen LogP contribution in [0.2, 0.25) is 10.0 Å². The van der Waals surface area contributed by atoms with Crippen LogP contribution in [0.3, 0.4) is 0 Å². The molecule has 142 valence electrons. The summed E-state index contributed by atoms with van der Waals surface area (Å²) < 4.78 is 10.7. The minimum atomic E-state index is -1.22. The van der Waals surface area contributed by atoms with Crippen LogP contribution in [0.5, 0.6) is 11.5 Å². The molecule has 0 aromatic heterocycles. The van der Waals surface area contributed by atoms with E-state index in [0.717, 1.165) is 5.56 Å². The summed E-state index contributed by atoms with van der Waals surface area (Å²) in [5.74, 6) is -0.547. The van der Waals surface area contributed by atoms with E-state index in [2.05, 4.69) is 5.32 Å². The number of halogens is 2. The molecule has 0 radical (unpaired) electrons. The van der Waals surface area contributed by atoms with Gasteiger partial charge in [-0.2, -0.15) is 0 Å². The van der Waals surface area contributed by atoms with Crippen molar-refractivity contribution in [3.8, 4) is 11.5 Å². The van der Waals surface area contributed by atoms with Gasteiger partial charge in [-0.1, -0.05) is 29.3 Å². The second-order valence-corrected chi connectivity index (χ2v) is 6.10. The fraction of sp³-hybridized carbons (Fsp3) is 0.158. The van der Waals surface area contributed by atoms with Gasteiger partial charge in [-0.25, -0.2) is 4.79 Å². The Labute approximate surface area is 166 Å². The fourth-order valence-electron chi connectivity index (χ4n) is 2.22.